The van der Waals surface area contributed by atoms with Crippen LogP contribution in [-0.2, 0) is 9.59 Å². The van der Waals surface area contributed by atoms with Gasteiger partial charge in [-0.05, 0) is 25.8 Å². The lowest BCUT2D eigenvalue weighted by Gasteiger charge is -2.32. The van der Waals surface area contributed by atoms with Crippen molar-refractivity contribution >= 4 is 23.2 Å². The molecule has 0 N–H and O–H groups in total. The maximum absolute atomic E-state index is 12.7. The van der Waals surface area contributed by atoms with Crippen LogP contribution in [0.2, 0.25) is 0 Å². The summed E-state index contributed by atoms with van der Waals surface area (Å²) in [4.78, 5) is 42.2. The molecule has 0 saturated carbocycles. The van der Waals surface area contributed by atoms with Crippen molar-refractivity contribution in [3.05, 3.63) is 29.3 Å². The summed E-state index contributed by atoms with van der Waals surface area (Å²) < 4.78 is 0. The van der Waals surface area contributed by atoms with Crippen molar-refractivity contribution in [1.82, 2.24) is 24.8 Å². The van der Waals surface area contributed by atoms with Crippen molar-refractivity contribution in [2.24, 2.45) is 5.92 Å². The van der Waals surface area contributed by atoms with Gasteiger partial charge in [0.2, 0.25) is 11.8 Å². The lowest BCUT2D eigenvalue weighted by atomic mass is 9.96. The highest BCUT2D eigenvalue weighted by molar-refractivity contribution is 7.15. The van der Waals surface area contributed by atoms with Crippen LogP contribution in [0.4, 0.5) is 0 Å². The number of carbonyl (C=O) groups is 2. The van der Waals surface area contributed by atoms with Crippen LogP contribution in [0.3, 0.4) is 0 Å². The van der Waals surface area contributed by atoms with Crippen LogP contribution in [0.25, 0.3) is 10.6 Å². The predicted octanol–water partition coefficient (Wildman–Crippen LogP) is 2.09. The molecule has 2 aromatic heterocycles. The van der Waals surface area contributed by atoms with E-state index in [1.54, 1.807) is 35.8 Å². The molecule has 2 amide bonds. The first kappa shape index (κ1) is 18.0. The van der Waals surface area contributed by atoms with Gasteiger partial charge in [-0.25, -0.2) is 15.0 Å². The van der Waals surface area contributed by atoms with E-state index >= 15 is 0 Å². The van der Waals surface area contributed by atoms with Crippen molar-refractivity contribution in [2.75, 3.05) is 26.7 Å². The average molecular weight is 385 g/mol. The number of piperidine rings is 1. The van der Waals surface area contributed by atoms with Gasteiger partial charge in [0.05, 0.1) is 27.2 Å². The van der Waals surface area contributed by atoms with Crippen molar-refractivity contribution in [3.8, 4) is 10.6 Å². The summed E-state index contributed by atoms with van der Waals surface area (Å²) in [6.45, 7) is 4.04. The number of amides is 2. The minimum atomic E-state index is -0.175. The summed E-state index contributed by atoms with van der Waals surface area (Å²) in [5.74, 6) is 0.397. The largest absolute Gasteiger partial charge is 0.345 e. The number of hydrogen-bond donors (Lipinski definition) is 0. The van der Waals surface area contributed by atoms with Crippen molar-refractivity contribution in [1.29, 1.82) is 0 Å². The minimum absolute atomic E-state index is 0.0683. The Morgan fingerprint density at radius 2 is 2.07 bits per heavy atom. The third-order valence-electron chi connectivity index (χ3n) is 5.47. The fourth-order valence-electron chi connectivity index (χ4n) is 3.89. The Labute approximate surface area is 162 Å². The zero-order chi connectivity index (χ0) is 19.0. The average Bonchev–Trinajstić information content (AvgIpc) is 3.24. The van der Waals surface area contributed by atoms with Gasteiger partial charge < -0.3 is 9.80 Å². The van der Waals surface area contributed by atoms with E-state index in [2.05, 4.69) is 9.97 Å². The number of hydrogen-bond acceptors (Lipinski definition) is 6. The maximum atomic E-state index is 12.7. The van der Waals surface area contributed by atoms with Gasteiger partial charge in [-0.2, -0.15) is 0 Å². The molecule has 142 valence electrons. The molecule has 0 bridgehead atoms. The molecule has 4 heterocycles. The van der Waals surface area contributed by atoms with Crippen LogP contribution in [0, 0.1) is 12.8 Å². The molecule has 2 aliphatic heterocycles. The zero-order valence-electron chi connectivity index (χ0n) is 15.6. The molecule has 2 aliphatic rings. The second-order valence-corrected chi connectivity index (χ2v) is 8.37. The molecule has 2 aromatic rings. The van der Waals surface area contributed by atoms with Gasteiger partial charge in [0.25, 0.3) is 0 Å². The van der Waals surface area contributed by atoms with Gasteiger partial charge in [-0.1, -0.05) is 0 Å². The van der Waals surface area contributed by atoms with Crippen molar-refractivity contribution in [3.63, 3.8) is 0 Å². The second kappa shape index (κ2) is 7.34. The van der Waals surface area contributed by atoms with Gasteiger partial charge >= 0.3 is 0 Å². The molecule has 0 spiro atoms. The Hall–Kier alpha value is -2.35. The second-order valence-electron chi connectivity index (χ2n) is 7.34. The first-order valence-electron chi connectivity index (χ1n) is 9.29. The van der Waals surface area contributed by atoms with Gasteiger partial charge in [0.15, 0.2) is 0 Å². The number of carbonyl (C=O) groups excluding carboxylic acids is 2. The van der Waals surface area contributed by atoms with Gasteiger partial charge in [0, 0.05) is 45.2 Å². The van der Waals surface area contributed by atoms with Crippen LogP contribution < -0.4 is 0 Å². The first-order valence-corrected chi connectivity index (χ1v) is 10.1. The molecule has 4 rings (SSSR count). The third-order valence-corrected chi connectivity index (χ3v) is 6.82. The highest BCUT2D eigenvalue weighted by Crippen LogP contribution is 2.36. The van der Waals surface area contributed by atoms with Crippen LogP contribution >= 0.6 is 11.3 Å². The lowest BCUT2D eigenvalue weighted by molar-refractivity contribution is -0.136. The topological polar surface area (TPSA) is 79.3 Å². The normalized spacial score (nSPS) is 21.1. The van der Waals surface area contributed by atoms with Gasteiger partial charge in [-0.15, -0.1) is 11.3 Å². The van der Waals surface area contributed by atoms with E-state index in [4.69, 9.17) is 4.98 Å². The van der Waals surface area contributed by atoms with Crippen molar-refractivity contribution < 1.29 is 9.59 Å². The standard InChI is InChI=1S/C19H23N5O2S/c1-12-17(15-3-6-20-11-21-15)27-18(22-12)13-4-7-24(8-5-13)19(26)14-9-16(25)23(2)10-14/h3,6,11,13-14H,4-5,7-10H2,1-2H3/t14-/m1/s1. The van der Waals surface area contributed by atoms with Crippen LogP contribution in [-0.4, -0.2) is 63.2 Å². The van der Waals surface area contributed by atoms with Crippen molar-refractivity contribution in [2.45, 2.75) is 32.1 Å². The Kier molecular flexibility index (Phi) is 4.90. The summed E-state index contributed by atoms with van der Waals surface area (Å²) >= 11 is 1.70. The SMILES string of the molecule is Cc1nc(C2CCN(C(=O)[C@@H]3CC(=O)N(C)C3)CC2)sc1-c1ccncn1. The van der Waals surface area contributed by atoms with E-state index in [0.717, 1.165) is 47.2 Å². The van der Waals surface area contributed by atoms with Gasteiger partial charge in [0.1, 0.15) is 6.33 Å². The number of thiazole rings is 1. The number of aryl methyl sites for hydroxylation is 1. The summed E-state index contributed by atoms with van der Waals surface area (Å²) in [7, 11) is 1.77. The van der Waals surface area contributed by atoms with E-state index in [9.17, 15) is 9.59 Å². The molecular formula is C19H23N5O2S. The van der Waals surface area contributed by atoms with E-state index < -0.39 is 0 Å². The first-order chi connectivity index (χ1) is 13.0. The monoisotopic (exact) mass is 385 g/mol. The Morgan fingerprint density at radius 3 is 2.70 bits per heavy atom. The summed E-state index contributed by atoms with van der Waals surface area (Å²) in [6, 6.07) is 1.91. The molecule has 2 fully saturated rings. The fraction of sp³-hybridized carbons (Fsp3) is 0.526. The van der Waals surface area contributed by atoms with E-state index in [0.29, 0.717) is 18.9 Å². The molecule has 0 radical (unpaired) electrons. The van der Waals surface area contributed by atoms with E-state index in [1.165, 1.54) is 0 Å². The van der Waals surface area contributed by atoms with Gasteiger partial charge in [-0.3, -0.25) is 9.59 Å². The molecule has 0 aromatic carbocycles. The predicted molar refractivity (Wildman–Crippen MR) is 102 cm³/mol. The minimum Gasteiger partial charge on any atom is -0.345 e. The van der Waals surface area contributed by atoms with E-state index in [1.807, 2.05) is 17.9 Å². The summed E-state index contributed by atoms with van der Waals surface area (Å²) in [5.41, 5.74) is 1.91. The van der Waals surface area contributed by atoms with E-state index in [-0.39, 0.29) is 17.7 Å². The maximum Gasteiger partial charge on any atom is 0.227 e. The molecular weight excluding hydrogens is 362 g/mol. The lowest BCUT2D eigenvalue weighted by Crippen LogP contribution is -2.42. The third kappa shape index (κ3) is 3.58. The van der Waals surface area contributed by atoms with Crippen LogP contribution in [0.1, 0.15) is 35.9 Å². The molecule has 2 saturated heterocycles. The summed E-state index contributed by atoms with van der Waals surface area (Å²) in [6.07, 6.45) is 5.49. The fourth-order valence-corrected chi connectivity index (χ4v) is 5.10. The molecule has 0 unspecified atom stereocenters. The summed E-state index contributed by atoms with van der Waals surface area (Å²) in [5, 5.41) is 1.13. The number of nitrogens with zero attached hydrogens (tertiary/aromatic N) is 5. The smallest absolute Gasteiger partial charge is 0.227 e. The quantitative estimate of drug-likeness (QED) is 0.808. The molecule has 27 heavy (non-hydrogen) atoms. The highest BCUT2D eigenvalue weighted by atomic mass is 32.1. The number of aromatic nitrogens is 3. The molecule has 1 atom stereocenters. The zero-order valence-corrected chi connectivity index (χ0v) is 16.4. The molecule has 7 nitrogen and oxygen atoms in total. The Bertz CT molecular complexity index is 845. The molecule has 0 aliphatic carbocycles. The van der Waals surface area contributed by atoms with Crippen LogP contribution in [0.15, 0.2) is 18.6 Å². The Balaban J connectivity index is 1.40. The Morgan fingerprint density at radius 1 is 1.30 bits per heavy atom. The highest BCUT2D eigenvalue weighted by Gasteiger charge is 2.36. The number of rotatable bonds is 3. The van der Waals surface area contributed by atoms with Crippen LogP contribution in [0.5, 0.6) is 0 Å². The number of likely N-dealkylation sites (tertiary alicyclic amines) is 2. The molecule has 8 heteroatoms.